The molecular formula is C33H43N3O3Si. The lowest BCUT2D eigenvalue weighted by molar-refractivity contribution is 0.116. The van der Waals surface area contributed by atoms with Gasteiger partial charge in [0.2, 0.25) is 5.96 Å². The normalized spacial score (nSPS) is 18.2. The van der Waals surface area contributed by atoms with Crippen LogP contribution in [0.15, 0.2) is 96.0 Å². The Morgan fingerprint density at radius 2 is 1.48 bits per heavy atom. The second kappa shape index (κ2) is 12.8. The molecule has 0 spiro atoms. The van der Waals surface area contributed by atoms with Crippen LogP contribution in [0.4, 0.5) is 4.79 Å². The van der Waals surface area contributed by atoms with E-state index in [0.717, 1.165) is 17.5 Å². The van der Waals surface area contributed by atoms with Gasteiger partial charge in [0.1, 0.15) is 6.04 Å². The fraction of sp³-hybridized carbons (Fsp3) is 0.394. The molecule has 0 unspecified atom stereocenters. The summed E-state index contributed by atoms with van der Waals surface area (Å²) in [5, 5.41) is 3.74. The van der Waals surface area contributed by atoms with Crippen molar-refractivity contribution in [2.45, 2.75) is 70.4 Å². The number of nitrogens with one attached hydrogen (secondary N) is 1. The molecule has 3 aromatic rings. The summed E-state index contributed by atoms with van der Waals surface area (Å²) >= 11 is 0. The minimum Gasteiger partial charge on any atom is -0.449 e. The second-order valence-corrected chi connectivity index (χ2v) is 16.6. The smallest absolute Gasteiger partial charge is 0.417 e. The van der Waals surface area contributed by atoms with Gasteiger partial charge in [-0.1, -0.05) is 112 Å². The quantitative estimate of drug-likeness (QED) is 0.276. The highest BCUT2D eigenvalue weighted by atomic mass is 28.4. The minimum atomic E-state index is -2.01. The van der Waals surface area contributed by atoms with Gasteiger partial charge in [0.15, 0.2) is 8.32 Å². The van der Waals surface area contributed by atoms with E-state index in [4.69, 9.17) is 14.2 Å². The van der Waals surface area contributed by atoms with Gasteiger partial charge in [0.05, 0.1) is 25.3 Å². The van der Waals surface area contributed by atoms with Gasteiger partial charge >= 0.3 is 6.09 Å². The third-order valence-corrected chi connectivity index (χ3v) is 12.4. The molecule has 0 aromatic heterocycles. The topological polar surface area (TPSA) is 63.2 Å². The van der Waals surface area contributed by atoms with E-state index in [1.54, 1.807) is 4.90 Å². The number of rotatable bonds is 9. The number of carbonyl (C=O) groups excluding carboxylic acids is 1. The van der Waals surface area contributed by atoms with Crippen molar-refractivity contribution in [1.29, 1.82) is 0 Å². The van der Waals surface area contributed by atoms with Crippen LogP contribution in [-0.2, 0) is 15.6 Å². The van der Waals surface area contributed by atoms with Crippen molar-refractivity contribution in [3.63, 3.8) is 0 Å². The van der Waals surface area contributed by atoms with Crippen LogP contribution in [0.1, 0.15) is 56.5 Å². The van der Waals surface area contributed by atoms with Gasteiger partial charge in [-0.15, -0.1) is 0 Å². The summed E-state index contributed by atoms with van der Waals surface area (Å²) in [4.78, 5) is 20.4. The number of ether oxygens (including phenoxy) is 1. The lowest BCUT2D eigenvalue weighted by Gasteiger charge is -2.38. The molecule has 0 saturated carbocycles. The first-order chi connectivity index (χ1) is 19.1. The standard InChI is InChI=1S/C33H43N3O3Si/c1-7-38-32(37)36-30(27-21-15-10-16-22-27)29(26-19-13-9-14-20-26)35-31(36)34-28(23-25-17-11-8-12-18-25)24-39-40(5,6)33(2,3)4/h8-22,28-30H,7,23-24H2,1-6H3,(H,34,35)/t28-,29-,30-/m0/s1. The Balaban J connectivity index is 1.72. The van der Waals surface area contributed by atoms with Crippen LogP contribution >= 0.6 is 0 Å². The van der Waals surface area contributed by atoms with Gasteiger partial charge in [-0.3, -0.25) is 0 Å². The number of aliphatic imine (C=N–C) groups is 1. The largest absolute Gasteiger partial charge is 0.449 e. The Morgan fingerprint density at radius 3 is 2.02 bits per heavy atom. The van der Waals surface area contributed by atoms with Crippen molar-refractivity contribution in [1.82, 2.24) is 10.2 Å². The molecular weight excluding hydrogens is 514 g/mol. The van der Waals surface area contributed by atoms with E-state index >= 15 is 0 Å². The molecule has 1 N–H and O–H groups in total. The van der Waals surface area contributed by atoms with Crippen molar-refractivity contribution in [3.05, 3.63) is 108 Å². The van der Waals surface area contributed by atoms with Crippen LogP contribution in [0.2, 0.25) is 18.1 Å². The molecule has 1 aliphatic rings. The SMILES string of the molecule is CCOC(=O)N1C(N[C@H](CO[Si](C)(C)C(C)(C)C)Cc2ccccc2)=N[C@@H](c2ccccc2)[C@@H]1c1ccccc1. The van der Waals surface area contributed by atoms with E-state index < -0.39 is 14.4 Å². The monoisotopic (exact) mass is 557 g/mol. The number of hydrogen-bond acceptors (Lipinski definition) is 5. The molecule has 7 heteroatoms. The first-order valence-electron chi connectivity index (χ1n) is 14.2. The molecule has 0 bridgehead atoms. The van der Waals surface area contributed by atoms with Gasteiger partial charge in [0, 0.05) is 0 Å². The third-order valence-electron chi connectivity index (χ3n) is 7.92. The predicted molar refractivity (Wildman–Crippen MR) is 165 cm³/mol. The zero-order valence-corrected chi connectivity index (χ0v) is 25.6. The van der Waals surface area contributed by atoms with Gasteiger partial charge in [-0.2, -0.15) is 0 Å². The predicted octanol–water partition coefficient (Wildman–Crippen LogP) is 7.52. The molecule has 1 amide bonds. The van der Waals surface area contributed by atoms with Crippen LogP contribution in [0, 0.1) is 0 Å². The second-order valence-electron chi connectivity index (χ2n) is 11.8. The first kappa shape index (κ1) is 29.6. The Bertz CT molecular complexity index is 1260. The van der Waals surface area contributed by atoms with Crippen molar-refractivity contribution in [2.24, 2.45) is 4.99 Å². The van der Waals surface area contributed by atoms with Gasteiger partial charge in [-0.05, 0) is 48.2 Å². The van der Waals surface area contributed by atoms with Gasteiger partial charge in [-0.25, -0.2) is 14.7 Å². The van der Waals surface area contributed by atoms with E-state index in [1.165, 1.54) is 5.56 Å². The van der Waals surface area contributed by atoms with E-state index in [-0.39, 0.29) is 29.8 Å². The summed E-state index contributed by atoms with van der Waals surface area (Å²) in [6, 6.07) is 29.9. The zero-order chi connectivity index (χ0) is 28.8. The summed E-state index contributed by atoms with van der Waals surface area (Å²) in [5.41, 5.74) is 3.24. The van der Waals surface area contributed by atoms with Crippen LogP contribution in [0.25, 0.3) is 0 Å². The Hall–Kier alpha value is -3.42. The lowest BCUT2D eigenvalue weighted by atomic mass is 9.94. The molecule has 0 saturated heterocycles. The molecule has 6 nitrogen and oxygen atoms in total. The Morgan fingerprint density at radius 1 is 0.925 bits per heavy atom. The number of carbonyl (C=O) groups is 1. The highest BCUT2D eigenvalue weighted by Gasteiger charge is 2.44. The number of nitrogens with zero attached hydrogens (tertiary/aromatic N) is 2. The highest BCUT2D eigenvalue weighted by Crippen LogP contribution is 2.42. The Labute approximate surface area is 240 Å². The van der Waals surface area contributed by atoms with E-state index in [9.17, 15) is 4.79 Å². The van der Waals surface area contributed by atoms with Crippen molar-refractivity contribution < 1.29 is 14.0 Å². The maximum absolute atomic E-state index is 13.6. The van der Waals surface area contributed by atoms with Crippen LogP contribution in [-0.4, -0.2) is 44.5 Å². The van der Waals surface area contributed by atoms with E-state index in [1.807, 2.05) is 61.5 Å². The maximum Gasteiger partial charge on any atom is 0.417 e. The fourth-order valence-corrected chi connectivity index (χ4v) is 5.74. The summed E-state index contributed by atoms with van der Waals surface area (Å²) in [5.74, 6) is 0.515. The molecule has 0 radical (unpaired) electrons. The summed E-state index contributed by atoms with van der Waals surface area (Å²) in [6.45, 7) is 13.9. The van der Waals surface area contributed by atoms with Gasteiger partial charge < -0.3 is 14.5 Å². The molecule has 0 fully saturated rings. The van der Waals surface area contributed by atoms with Crippen molar-refractivity contribution >= 4 is 20.4 Å². The van der Waals surface area contributed by atoms with Crippen molar-refractivity contribution in [3.8, 4) is 0 Å². The molecule has 212 valence electrons. The molecule has 3 aromatic carbocycles. The maximum atomic E-state index is 13.6. The van der Waals surface area contributed by atoms with Gasteiger partial charge in [0.25, 0.3) is 0 Å². The number of benzene rings is 3. The molecule has 40 heavy (non-hydrogen) atoms. The summed E-state index contributed by atoms with van der Waals surface area (Å²) in [6.07, 6.45) is 0.321. The Kier molecular flexibility index (Phi) is 9.48. The molecule has 0 aliphatic carbocycles. The van der Waals surface area contributed by atoms with Crippen molar-refractivity contribution in [2.75, 3.05) is 13.2 Å². The van der Waals surface area contributed by atoms with E-state index in [0.29, 0.717) is 12.6 Å². The van der Waals surface area contributed by atoms with Crippen LogP contribution in [0.3, 0.4) is 0 Å². The van der Waals surface area contributed by atoms with Crippen LogP contribution in [0.5, 0.6) is 0 Å². The fourth-order valence-electron chi connectivity index (χ4n) is 4.68. The molecule has 3 atom stereocenters. The summed E-state index contributed by atoms with van der Waals surface area (Å²) < 4.78 is 12.3. The number of guanidine groups is 1. The minimum absolute atomic E-state index is 0.0863. The molecule has 1 aliphatic heterocycles. The van der Waals surface area contributed by atoms with E-state index in [2.05, 4.69) is 75.6 Å². The number of amides is 1. The molecule has 4 rings (SSSR count). The summed E-state index contributed by atoms with van der Waals surface area (Å²) in [7, 11) is -2.01. The zero-order valence-electron chi connectivity index (χ0n) is 24.6. The number of hydrogen-bond donors (Lipinski definition) is 1. The third kappa shape index (κ3) is 7.01. The first-order valence-corrected chi connectivity index (χ1v) is 17.1. The average molecular weight is 558 g/mol. The highest BCUT2D eigenvalue weighted by molar-refractivity contribution is 6.74. The average Bonchev–Trinajstić information content (AvgIpc) is 3.32. The molecule has 1 heterocycles. The lowest BCUT2D eigenvalue weighted by Crippen LogP contribution is -2.51. The van der Waals surface area contributed by atoms with Crippen LogP contribution < -0.4 is 5.32 Å².